The van der Waals surface area contributed by atoms with Crippen molar-refractivity contribution in [3.8, 4) is 11.5 Å². The molecule has 0 aliphatic heterocycles. The number of guanidine groups is 1. The molecule has 2 N–H and O–H groups in total. The fourth-order valence-electron chi connectivity index (χ4n) is 2.64. The number of nitrogens with one attached hydrogen (secondary N) is 2. The maximum Gasteiger partial charge on any atom is 0.191 e. The molecular formula is C21H28FN3O3S. The fourth-order valence-corrected chi connectivity index (χ4v) is 3.42. The molecule has 0 radical (unpaired) electrons. The highest BCUT2D eigenvalue weighted by Gasteiger charge is 2.10. The third kappa shape index (κ3) is 8.11. The lowest BCUT2D eigenvalue weighted by atomic mass is 10.1. The van der Waals surface area contributed by atoms with E-state index in [-0.39, 0.29) is 17.6 Å². The lowest BCUT2D eigenvalue weighted by molar-refractivity contribution is 0.476. The van der Waals surface area contributed by atoms with E-state index in [0.29, 0.717) is 30.4 Å². The van der Waals surface area contributed by atoms with Gasteiger partial charge in [-0.15, -0.1) is 0 Å². The average molecular weight is 422 g/mol. The third-order valence-corrected chi connectivity index (χ3v) is 5.25. The Morgan fingerprint density at radius 2 is 1.90 bits per heavy atom. The van der Waals surface area contributed by atoms with Gasteiger partial charge in [0.05, 0.1) is 5.75 Å². The van der Waals surface area contributed by atoms with E-state index in [0.717, 1.165) is 11.1 Å². The Morgan fingerprint density at radius 1 is 1.21 bits per heavy atom. The van der Waals surface area contributed by atoms with E-state index < -0.39 is 9.84 Å². The maximum atomic E-state index is 13.0. The van der Waals surface area contributed by atoms with E-state index in [4.69, 9.17) is 4.74 Å². The zero-order chi connectivity index (χ0) is 21.4. The van der Waals surface area contributed by atoms with Crippen molar-refractivity contribution in [3.63, 3.8) is 0 Å². The molecule has 6 nitrogen and oxygen atoms in total. The second kappa shape index (κ2) is 10.2. The summed E-state index contributed by atoms with van der Waals surface area (Å²) in [6.07, 6.45) is 1.74. The summed E-state index contributed by atoms with van der Waals surface area (Å²) in [6.45, 7) is 4.42. The molecule has 0 saturated carbocycles. The fraction of sp³-hybridized carbons (Fsp3) is 0.381. The number of hydrogen-bond acceptors (Lipinski definition) is 4. The molecule has 0 aliphatic carbocycles. The van der Waals surface area contributed by atoms with Crippen molar-refractivity contribution in [1.82, 2.24) is 10.6 Å². The number of nitrogens with zero attached hydrogens (tertiary/aromatic N) is 1. The summed E-state index contributed by atoms with van der Waals surface area (Å²) in [7, 11) is -1.31. The Balaban J connectivity index is 1.90. The lowest BCUT2D eigenvalue weighted by Crippen LogP contribution is -2.42. The molecule has 2 aromatic rings. The molecule has 1 unspecified atom stereocenters. The monoisotopic (exact) mass is 421 g/mol. The first-order valence-electron chi connectivity index (χ1n) is 9.34. The number of halogens is 1. The van der Waals surface area contributed by atoms with Gasteiger partial charge < -0.3 is 15.4 Å². The summed E-state index contributed by atoms with van der Waals surface area (Å²) >= 11 is 0. The van der Waals surface area contributed by atoms with Crippen LogP contribution in [0.15, 0.2) is 47.5 Å². The van der Waals surface area contributed by atoms with Gasteiger partial charge in [-0.3, -0.25) is 4.99 Å². The van der Waals surface area contributed by atoms with Gasteiger partial charge in [0.2, 0.25) is 0 Å². The molecule has 0 fully saturated rings. The van der Waals surface area contributed by atoms with E-state index >= 15 is 0 Å². The van der Waals surface area contributed by atoms with Gasteiger partial charge >= 0.3 is 0 Å². The Bertz CT molecular complexity index is 944. The largest absolute Gasteiger partial charge is 0.457 e. The van der Waals surface area contributed by atoms with Gasteiger partial charge in [-0.05, 0) is 61.7 Å². The molecule has 1 atom stereocenters. The Morgan fingerprint density at radius 3 is 2.48 bits per heavy atom. The summed E-state index contributed by atoms with van der Waals surface area (Å²) in [5.74, 6) is 1.72. The quantitative estimate of drug-likeness (QED) is 0.504. The highest BCUT2D eigenvalue weighted by Crippen LogP contribution is 2.25. The van der Waals surface area contributed by atoms with Crippen LogP contribution in [0.2, 0.25) is 0 Å². The van der Waals surface area contributed by atoms with E-state index in [2.05, 4.69) is 15.6 Å². The van der Waals surface area contributed by atoms with Crippen molar-refractivity contribution in [2.45, 2.75) is 32.9 Å². The molecule has 0 spiro atoms. The summed E-state index contributed by atoms with van der Waals surface area (Å²) in [6, 6.07) is 11.7. The van der Waals surface area contributed by atoms with Gasteiger partial charge in [0, 0.05) is 25.9 Å². The Labute approximate surface area is 172 Å². The molecular weight excluding hydrogens is 393 g/mol. The van der Waals surface area contributed by atoms with Crippen LogP contribution in [-0.2, 0) is 16.4 Å². The molecule has 0 aromatic heterocycles. The number of sulfone groups is 1. The standard InChI is InChI=1S/C21H28FN3O3S/c1-15-13-17(5-10-20(15)28-19-8-6-18(22)7-9-19)14-24-21(23-3)25-16(2)11-12-29(4,26)27/h5-10,13,16H,11-12,14H2,1-4H3,(H2,23,24,25). The van der Waals surface area contributed by atoms with Crippen LogP contribution in [0.4, 0.5) is 4.39 Å². The van der Waals surface area contributed by atoms with Gasteiger partial charge in [0.15, 0.2) is 5.96 Å². The van der Waals surface area contributed by atoms with Crippen molar-refractivity contribution in [3.05, 3.63) is 59.4 Å². The molecule has 0 amide bonds. The predicted octanol–water partition coefficient (Wildman–Crippen LogP) is 3.41. The molecule has 0 heterocycles. The van der Waals surface area contributed by atoms with Gasteiger partial charge in [0.1, 0.15) is 27.2 Å². The second-order valence-corrected chi connectivity index (χ2v) is 9.31. The SMILES string of the molecule is CN=C(NCc1ccc(Oc2ccc(F)cc2)c(C)c1)NC(C)CCS(C)(=O)=O. The number of hydrogen-bond donors (Lipinski definition) is 2. The van der Waals surface area contributed by atoms with E-state index in [9.17, 15) is 12.8 Å². The zero-order valence-corrected chi connectivity index (χ0v) is 18.0. The van der Waals surface area contributed by atoms with Gasteiger partial charge in [-0.1, -0.05) is 12.1 Å². The number of benzene rings is 2. The van der Waals surface area contributed by atoms with Crippen LogP contribution in [-0.4, -0.2) is 39.5 Å². The second-order valence-electron chi connectivity index (χ2n) is 7.05. The minimum Gasteiger partial charge on any atom is -0.457 e. The van der Waals surface area contributed by atoms with E-state index in [1.807, 2.05) is 32.0 Å². The Hall–Kier alpha value is -2.61. The van der Waals surface area contributed by atoms with Gasteiger partial charge in [0.25, 0.3) is 0 Å². The van der Waals surface area contributed by atoms with Crippen LogP contribution in [0.1, 0.15) is 24.5 Å². The van der Waals surface area contributed by atoms with Crippen LogP contribution >= 0.6 is 0 Å². The molecule has 0 saturated heterocycles. The molecule has 8 heteroatoms. The molecule has 158 valence electrons. The maximum absolute atomic E-state index is 13.0. The summed E-state index contributed by atoms with van der Waals surface area (Å²) < 4.78 is 41.4. The van der Waals surface area contributed by atoms with Crippen LogP contribution in [0.3, 0.4) is 0 Å². The van der Waals surface area contributed by atoms with Crippen LogP contribution < -0.4 is 15.4 Å². The number of aliphatic imine (C=N–C) groups is 1. The number of aryl methyl sites for hydroxylation is 1. The molecule has 29 heavy (non-hydrogen) atoms. The lowest BCUT2D eigenvalue weighted by Gasteiger charge is -2.18. The third-order valence-electron chi connectivity index (χ3n) is 4.27. The van der Waals surface area contributed by atoms with Gasteiger partial charge in [-0.2, -0.15) is 0 Å². The first-order chi connectivity index (χ1) is 13.7. The van der Waals surface area contributed by atoms with Crippen molar-refractivity contribution in [1.29, 1.82) is 0 Å². The normalized spacial score (nSPS) is 13.1. The molecule has 0 aliphatic rings. The highest BCUT2D eigenvalue weighted by molar-refractivity contribution is 7.90. The average Bonchev–Trinajstić information content (AvgIpc) is 2.66. The van der Waals surface area contributed by atoms with Crippen molar-refractivity contribution < 1.29 is 17.5 Å². The summed E-state index contributed by atoms with van der Waals surface area (Å²) in [5, 5.41) is 6.42. The zero-order valence-electron chi connectivity index (χ0n) is 17.2. The van der Waals surface area contributed by atoms with Crippen molar-refractivity contribution >= 4 is 15.8 Å². The van der Waals surface area contributed by atoms with Crippen LogP contribution in [0.5, 0.6) is 11.5 Å². The van der Waals surface area contributed by atoms with Crippen LogP contribution in [0.25, 0.3) is 0 Å². The molecule has 0 bridgehead atoms. The van der Waals surface area contributed by atoms with Crippen LogP contribution in [0, 0.1) is 12.7 Å². The van der Waals surface area contributed by atoms with Crippen molar-refractivity contribution in [2.75, 3.05) is 19.1 Å². The van der Waals surface area contributed by atoms with Crippen molar-refractivity contribution in [2.24, 2.45) is 4.99 Å². The van der Waals surface area contributed by atoms with E-state index in [1.165, 1.54) is 18.4 Å². The smallest absolute Gasteiger partial charge is 0.191 e. The highest BCUT2D eigenvalue weighted by atomic mass is 32.2. The first kappa shape index (κ1) is 22.7. The van der Waals surface area contributed by atoms with E-state index in [1.54, 1.807) is 19.2 Å². The topological polar surface area (TPSA) is 79.8 Å². The van der Waals surface area contributed by atoms with Gasteiger partial charge in [-0.25, -0.2) is 12.8 Å². The Kier molecular flexibility index (Phi) is 8.01. The summed E-state index contributed by atoms with van der Waals surface area (Å²) in [5.41, 5.74) is 2.00. The first-order valence-corrected chi connectivity index (χ1v) is 11.4. The minimum absolute atomic E-state index is 0.0239. The molecule has 2 aromatic carbocycles. The number of ether oxygens (including phenoxy) is 1. The molecule has 2 rings (SSSR count). The predicted molar refractivity (Wildman–Crippen MR) is 115 cm³/mol. The number of rotatable bonds is 8. The minimum atomic E-state index is -2.98. The summed E-state index contributed by atoms with van der Waals surface area (Å²) in [4.78, 5) is 4.18.